The number of non-ortho nitro benzene ring substituents is 1. The van der Waals surface area contributed by atoms with Crippen LogP contribution in [0.5, 0.6) is 5.75 Å². The molecule has 0 saturated carbocycles. The van der Waals surface area contributed by atoms with Gasteiger partial charge in [-0.3, -0.25) is 20.2 Å². The second-order valence-corrected chi connectivity index (χ2v) is 3.92. The van der Waals surface area contributed by atoms with Crippen LogP contribution in [0, 0.1) is 17.0 Å². The highest BCUT2D eigenvalue weighted by molar-refractivity contribution is 5.90. The molecule has 8 nitrogen and oxygen atoms in total. The van der Waals surface area contributed by atoms with Crippen molar-refractivity contribution in [3.8, 4) is 5.75 Å². The summed E-state index contributed by atoms with van der Waals surface area (Å²) in [6.07, 6.45) is 0. The Morgan fingerprint density at radius 1 is 1.50 bits per heavy atom. The van der Waals surface area contributed by atoms with E-state index in [9.17, 15) is 14.9 Å². The molecular formula is C12H11N3O5. The summed E-state index contributed by atoms with van der Waals surface area (Å²) in [5, 5.41) is 16.6. The first-order valence-electron chi connectivity index (χ1n) is 5.65. The molecule has 2 rings (SSSR count). The minimum atomic E-state index is -0.537. The summed E-state index contributed by atoms with van der Waals surface area (Å²) < 4.78 is 9.97. The minimum absolute atomic E-state index is 0.103. The molecule has 0 aliphatic rings. The lowest BCUT2D eigenvalue weighted by atomic mass is 10.3. The van der Waals surface area contributed by atoms with E-state index in [1.807, 2.05) is 0 Å². The SMILES string of the molecule is Cc1cc(NC(=O)COc2cccc([N+](=O)[O-])c2)on1. The molecule has 1 heterocycles. The van der Waals surface area contributed by atoms with E-state index in [1.165, 1.54) is 24.3 Å². The Kier molecular flexibility index (Phi) is 3.94. The Bertz CT molecular complexity index is 638. The van der Waals surface area contributed by atoms with Gasteiger partial charge in [-0.25, -0.2) is 0 Å². The summed E-state index contributed by atoms with van der Waals surface area (Å²) in [7, 11) is 0. The maximum Gasteiger partial charge on any atom is 0.273 e. The van der Waals surface area contributed by atoms with Crippen LogP contribution in [0.25, 0.3) is 0 Å². The number of amides is 1. The molecule has 2 aromatic rings. The highest BCUT2D eigenvalue weighted by Crippen LogP contribution is 2.19. The van der Waals surface area contributed by atoms with Crippen LogP contribution >= 0.6 is 0 Å². The number of nitrogens with one attached hydrogen (secondary N) is 1. The molecule has 1 N–H and O–H groups in total. The second kappa shape index (κ2) is 5.83. The fraction of sp³-hybridized carbons (Fsp3) is 0.167. The van der Waals surface area contributed by atoms with Crippen molar-refractivity contribution in [2.75, 3.05) is 11.9 Å². The average molecular weight is 277 g/mol. The number of nitro benzene ring substituents is 1. The molecule has 1 aromatic carbocycles. The molecular weight excluding hydrogens is 266 g/mol. The van der Waals surface area contributed by atoms with E-state index in [0.717, 1.165) is 0 Å². The largest absolute Gasteiger partial charge is 0.484 e. The number of aromatic nitrogens is 1. The maximum absolute atomic E-state index is 11.6. The van der Waals surface area contributed by atoms with E-state index in [4.69, 9.17) is 9.26 Å². The van der Waals surface area contributed by atoms with Crippen molar-refractivity contribution in [2.45, 2.75) is 6.92 Å². The second-order valence-electron chi connectivity index (χ2n) is 3.92. The molecule has 0 aliphatic carbocycles. The van der Waals surface area contributed by atoms with Gasteiger partial charge in [0.2, 0.25) is 5.88 Å². The van der Waals surface area contributed by atoms with Crippen LogP contribution in [0.15, 0.2) is 34.9 Å². The molecule has 8 heteroatoms. The first kappa shape index (κ1) is 13.5. The standard InChI is InChI=1S/C12H11N3O5/c1-8-5-12(20-14-8)13-11(16)7-19-10-4-2-3-9(6-10)15(17)18/h2-6H,7H2,1H3,(H,13,16). The molecule has 104 valence electrons. The highest BCUT2D eigenvalue weighted by atomic mass is 16.6. The van der Waals surface area contributed by atoms with E-state index in [2.05, 4.69) is 10.5 Å². The quantitative estimate of drug-likeness (QED) is 0.660. The van der Waals surface area contributed by atoms with Gasteiger partial charge in [-0.1, -0.05) is 11.2 Å². The van der Waals surface area contributed by atoms with Crippen LogP contribution in [0.2, 0.25) is 0 Å². The van der Waals surface area contributed by atoms with Crippen LogP contribution in [0.4, 0.5) is 11.6 Å². The van der Waals surface area contributed by atoms with Gasteiger partial charge < -0.3 is 9.26 Å². The Morgan fingerprint density at radius 3 is 2.95 bits per heavy atom. The van der Waals surface area contributed by atoms with E-state index in [1.54, 1.807) is 13.0 Å². The van der Waals surface area contributed by atoms with Gasteiger partial charge in [0.1, 0.15) is 5.75 Å². The predicted molar refractivity (Wildman–Crippen MR) is 68.5 cm³/mol. The van der Waals surface area contributed by atoms with Gasteiger partial charge in [0.25, 0.3) is 11.6 Å². The normalized spacial score (nSPS) is 10.1. The number of carbonyl (C=O) groups is 1. The summed E-state index contributed by atoms with van der Waals surface area (Å²) >= 11 is 0. The van der Waals surface area contributed by atoms with Crippen LogP contribution in [0.3, 0.4) is 0 Å². The van der Waals surface area contributed by atoms with Crippen LogP contribution < -0.4 is 10.1 Å². The molecule has 0 fully saturated rings. The number of nitrogens with zero attached hydrogens (tertiary/aromatic N) is 2. The number of rotatable bonds is 5. The van der Waals surface area contributed by atoms with Gasteiger partial charge in [-0.15, -0.1) is 0 Å². The molecule has 0 radical (unpaired) electrons. The number of aryl methyl sites for hydroxylation is 1. The molecule has 0 saturated heterocycles. The predicted octanol–water partition coefficient (Wildman–Crippen LogP) is 1.91. The maximum atomic E-state index is 11.6. The first-order valence-corrected chi connectivity index (χ1v) is 5.65. The fourth-order valence-electron chi connectivity index (χ4n) is 1.43. The van der Waals surface area contributed by atoms with Crippen LogP contribution in [-0.4, -0.2) is 22.6 Å². The lowest BCUT2D eigenvalue weighted by Gasteiger charge is -2.05. The summed E-state index contributed by atoms with van der Waals surface area (Å²) in [5.41, 5.74) is 0.536. The molecule has 0 atom stereocenters. The first-order chi connectivity index (χ1) is 9.54. The monoisotopic (exact) mass is 277 g/mol. The van der Waals surface area contributed by atoms with E-state index in [0.29, 0.717) is 5.69 Å². The molecule has 0 bridgehead atoms. The number of nitro groups is 1. The van der Waals surface area contributed by atoms with E-state index >= 15 is 0 Å². The Hall–Kier alpha value is -2.90. The number of hydrogen-bond acceptors (Lipinski definition) is 6. The summed E-state index contributed by atoms with van der Waals surface area (Å²) in [5.74, 6) is 0.00546. The van der Waals surface area contributed by atoms with Crippen molar-refractivity contribution < 1.29 is 19.0 Å². The van der Waals surface area contributed by atoms with E-state index < -0.39 is 10.8 Å². The average Bonchev–Trinajstić information content (AvgIpc) is 2.82. The molecule has 1 aromatic heterocycles. The van der Waals surface area contributed by atoms with Crippen LogP contribution in [0.1, 0.15) is 5.69 Å². The zero-order valence-corrected chi connectivity index (χ0v) is 10.5. The van der Waals surface area contributed by atoms with Gasteiger partial charge in [0.15, 0.2) is 6.61 Å². The Morgan fingerprint density at radius 2 is 2.30 bits per heavy atom. The fourth-order valence-corrected chi connectivity index (χ4v) is 1.43. The Labute approximate surface area is 113 Å². The summed E-state index contributed by atoms with van der Waals surface area (Å²) in [6, 6.07) is 7.14. The lowest BCUT2D eigenvalue weighted by molar-refractivity contribution is -0.384. The third kappa shape index (κ3) is 3.55. The number of benzene rings is 1. The zero-order valence-electron chi connectivity index (χ0n) is 10.5. The lowest BCUT2D eigenvalue weighted by Crippen LogP contribution is -2.19. The summed E-state index contributed by atoms with van der Waals surface area (Å²) in [4.78, 5) is 21.6. The van der Waals surface area contributed by atoms with Gasteiger partial charge >= 0.3 is 0 Å². The molecule has 1 amide bonds. The number of anilines is 1. The van der Waals surface area contributed by atoms with Crippen molar-refractivity contribution >= 4 is 17.5 Å². The molecule has 0 unspecified atom stereocenters. The zero-order chi connectivity index (χ0) is 14.5. The van der Waals surface area contributed by atoms with Gasteiger partial charge in [0, 0.05) is 12.1 Å². The molecule has 20 heavy (non-hydrogen) atoms. The third-order valence-corrected chi connectivity index (χ3v) is 2.29. The smallest absolute Gasteiger partial charge is 0.273 e. The number of ether oxygens (including phenoxy) is 1. The van der Waals surface area contributed by atoms with E-state index in [-0.39, 0.29) is 23.9 Å². The van der Waals surface area contributed by atoms with Crippen LogP contribution in [-0.2, 0) is 4.79 Å². The Balaban J connectivity index is 1.90. The molecule has 0 spiro atoms. The van der Waals surface area contributed by atoms with Gasteiger partial charge in [0.05, 0.1) is 16.7 Å². The topological polar surface area (TPSA) is 108 Å². The summed E-state index contributed by atoms with van der Waals surface area (Å²) in [6.45, 7) is 1.43. The van der Waals surface area contributed by atoms with Crippen molar-refractivity contribution in [1.82, 2.24) is 5.16 Å². The van der Waals surface area contributed by atoms with Crippen molar-refractivity contribution in [1.29, 1.82) is 0 Å². The molecule has 0 aliphatic heterocycles. The van der Waals surface area contributed by atoms with Crippen molar-refractivity contribution in [3.05, 3.63) is 46.1 Å². The number of hydrogen-bond donors (Lipinski definition) is 1. The van der Waals surface area contributed by atoms with Gasteiger partial charge in [-0.2, -0.15) is 0 Å². The van der Waals surface area contributed by atoms with Gasteiger partial charge in [-0.05, 0) is 13.0 Å². The van der Waals surface area contributed by atoms with Crippen molar-refractivity contribution in [2.24, 2.45) is 0 Å². The third-order valence-electron chi connectivity index (χ3n) is 2.29. The van der Waals surface area contributed by atoms with Crippen molar-refractivity contribution in [3.63, 3.8) is 0 Å². The number of carbonyl (C=O) groups excluding carboxylic acids is 1. The highest BCUT2D eigenvalue weighted by Gasteiger charge is 2.10. The minimum Gasteiger partial charge on any atom is -0.484 e.